The van der Waals surface area contributed by atoms with Crippen LogP contribution >= 0.6 is 0 Å². The summed E-state index contributed by atoms with van der Waals surface area (Å²) in [7, 11) is 1.73. The monoisotopic (exact) mass is 379 g/mol. The maximum Gasteiger partial charge on any atom is 0.317 e. The standard InChI is InChI=1S/C21H33NO5/c1-8-20(3,4)18(24)26-16-11-10-14(15(23)13-22-7)12-17(16)27-19(25)21(5,6)9-2/h10-12,15,22-23H,8-9,13H2,1-7H3. The highest BCUT2D eigenvalue weighted by atomic mass is 16.6. The highest BCUT2D eigenvalue weighted by Crippen LogP contribution is 2.35. The molecule has 0 aromatic heterocycles. The van der Waals surface area contributed by atoms with E-state index in [0.29, 0.717) is 24.9 Å². The maximum atomic E-state index is 12.5. The van der Waals surface area contributed by atoms with Crippen molar-refractivity contribution in [2.75, 3.05) is 13.6 Å². The van der Waals surface area contributed by atoms with Gasteiger partial charge >= 0.3 is 11.9 Å². The van der Waals surface area contributed by atoms with E-state index in [0.717, 1.165) is 0 Å². The molecule has 6 nitrogen and oxygen atoms in total. The van der Waals surface area contributed by atoms with E-state index in [-0.39, 0.29) is 11.5 Å². The van der Waals surface area contributed by atoms with Crippen molar-refractivity contribution in [2.45, 2.75) is 60.5 Å². The van der Waals surface area contributed by atoms with Crippen LogP contribution in [0.15, 0.2) is 18.2 Å². The molecule has 0 spiro atoms. The molecule has 0 saturated heterocycles. The molecule has 1 aromatic carbocycles. The molecule has 0 aliphatic heterocycles. The van der Waals surface area contributed by atoms with Crippen LogP contribution < -0.4 is 14.8 Å². The summed E-state index contributed by atoms with van der Waals surface area (Å²) in [6.45, 7) is 11.3. The third-order valence-corrected chi connectivity index (χ3v) is 5.03. The van der Waals surface area contributed by atoms with Gasteiger partial charge in [0.15, 0.2) is 11.5 Å². The second-order valence-corrected chi connectivity index (χ2v) is 8.03. The average Bonchev–Trinajstić information content (AvgIpc) is 2.62. The lowest BCUT2D eigenvalue weighted by Crippen LogP contribution is -2.30. The van der Waals surface area contributed by atoms with Gasteiger partial charge in [-0.25, -0.2) is 0 Å². The Morgan fingerprint density at radius 2 is 1.48 bits per heavy atom. The second-order valence-electron chi connectivity index (χ2n) is 8.03. The third-order valence-electron chi connectivity index (χ3n) is 5.03. The van der Waals surface area contributed by atoms with Crippen LogP contribution in [0.4, 0.5) is 0 Å². The van der Waals surface area contributed by atoms with Crippen LogP contribution in [0.25, 0.3) is 0 Å². The van der Waals surface area contributed by atoms with E-state index < -0.39 is 28.9 Å². The van der Waals surface area contributed by atoms with E-state index in [4.69, 9.17) is 9.47 Å². The largest absolute Gasteiger partial charge is 0.422 e. The molecule has 0 aliphatic rings. The van der Waals surface area contributed by atoms with E-state index in [1.54, 1.807) is 52.9 Å². The van der Waals surface area contributed by atoms with E-state index in [1.165, 1.54) is 0 Å². The number of likely N-dealkylation sites (N-methyl/N-ethyl adjacent to an activating group) is 1. The zero-order chi connectivity index (χ0) is 20.8. The Morgan fingerprint density at radius 1 is 1.00 bits per heavy atom. The minimum atomic E-state index is -0.775. The van der Waals surface area contributed by atoms with Crippen LogP contribution in [0.2, 0.25) is 0 Å². The number of ether oxygens (including phenoxy) is 2. The first-order chi connectivity index (χ1) is 12.5. The molecule has 27 heavy (non-hydrogen) atoms. The first kappa shape index (κ1) is 23.1. The van der Waals surface area contributed by atoms with Crippen molar-refractivity contribution in [3.05, 3.63) is 23.8 Å². The molecule has 0 aliphatic carbocycles. The molecule has 0 heterocycles. The van der Waals surface area contributed by atoms with Crippen molar-refractivity contribution < 1.29 is 24.2 Å². The number of hydrogen-bond donors (Lipinski definition) is 2. The van der Waals surface area contributed by atoms with Gasteiger partial charge < -0.3 is 19.9 Å². The topological polar surface area (TPSA) is 84.9 Å². The molecule has 0 bridgehead atoms. The van der Waals surface area contributed by atoms with Gasteiger partial charge in [0.25, 0.3) is 0 Å². The van der Waals surface area contributed by atoms with Crippen LogP contribution in [-0.4, -0.2) is 30.6 Å². The van der Waals surface area contributed by atoms with Crippen molar-refractivity contribution in [3.8, 4) is 11.5 Å². The van der Waals surface area contributed by atoms with E-state index in [1.807, 2.05) is 13.8 Å². The lowest BCUT2D eigenvalue weighted by molar-refractivity contribution is -0.147. The number of nitrogens with one attached hydrogen (secondary N) is 1. The Bertz CT molecular complexity index is 667. The molecule has 2 N–H and O–H groups in total. The molecular formula is C21H33NO5. The molecule has 0 fully saturated rings. The predicted octanol–water partition coefficient (Wildman–Crippen LogP) is 3.62. The number of aliphatic hydroxyl groups excluding tert-OH is 1. The number of benzene rings is 1. The fraction of sp³-hybridized carbons (Fsp3) is 0.619. The highest BCUT2D eigenvalue weighted by Gasteiger charge is 2.31. The fourth-order valence-electron chi connectivity index (χ4n) is 1.97. The molecule has 0 radical (unpaired) electrons. The van der Waals surface area contributed by atoms with Gasteiger partial charge in [0.1, 0.15) is 0 Å². The number of aliphatic hydroxyl groups is 1. The molecule has 1 unspecified atom stereocenters. The lowest BCUT2D eigenvalue weighted by atomic mass is 9.90. The van der Waals surface area contributed by atoms with Crippen molar-refractivity contribution in [1.82, 2.24) is 5.32 Å². The Morgan fingerprint density at radius 3 is 1.93 bits per heavy atom. The second kappa shape index (κ2) is 9.33. The molecule has 1 atom stereocenters. The molecule has 0 saturated carbocycles. The molecular weight excluding hydrogens is 346 g/mol. The number of carbonyl (C=O) groups is 2. The summed E-state index contributed by atoms with van der Waals surface area (Å²) in [6.07, 6.45) is 0.442. The third kappa shape index (κ3) is 6.04. The average molecular weight is 379 g/mol. The van der Waals surface area contributed by atoms with Crippen LogP contribution in [0, 0.1) is 10.8 Å². The van der Waals surface area contributed by atoms with Gasteiger partial charge in [-0.3, -0.25) is 9.59 Å². The first-order valence-electron chi connectivity index (χ1n) is 9.39. The summed E-state index contributed by atoms with van der Waals surface area (Å²) in [5.74, 6) is -0.519. The normalized spacial score (nSPS) is 13.2. The van der Waals surface area contributed by atoms with E-state index in [2.05, 4.69) is 5.32 Å². The van der Waals surface area contributed by atoms with Gasteiger partial charge in [-0.1, -0.05) is 19.9 Å². The van der Waals surface area contributed by atoms with E-state index >= 15 is 0 Å². The van der Waals surface area contributed by atoms with Gasteiger partial charge in [0, 0.05) is 6.54 Å². The molecule has 1 rings (SSSR count). The van der Waals surface area contributed by atoms with Gasteiger partial charge in [-0.05, 0) is 65.3 Å². The minimum absolute atomic E-state index is 0.134. The zero-order valence-corrected chi connectivity index (χ0v) is 17.5. The van der Waals surface area contributed by atoms with Crippen LogP contribution in [0.1, 0.15) is 66.1 Å². The van der Waals surface area contributed by atoms with E-state index in [9.17, 15) is 14.7 Å². The molecule has 152 valence electrons. The van der Waals surface area contributed by atoms with Gasteiger partial charge in [0.05, 0.1) is 16.9 Å². The maximum absolute atomic E-state index is 12.5. The summed E-state index contributed by atoms with van der Waals surface area (Å²) >= 11 is 0. The van der Waals surface area contributed by atoms with Crippen LogP contribution in [-0.2, 0) is 9.59 Å². The smallest absolute Gasteiger partial charge is 0.317 e. The number of esters is 2. The lowest BCUT2D eigenvalue weighted by Gasteiger charge is -2.24. The predicted molar refractivity (Wildman–Crippen MR) is 105 cm³/mol. The van der Waals surface area contributed by atoms with Crippen LogP contribution in [0.5, 0.6) is 11.5 Å². The Labute approximate surface area is 162 Å². The summed E-state index contributed by atoms with van der Waals surface area (Å²) in [5, 5.41) is 13.1. The number of carbonyl (C=O) groups excluding carboxylic acids is 2. The summed E-state index contributed by atoms with van der Waals surface area (Å²) in [6, 6.07) is 4.76. The van der Waals surface area contributed by atoms with Crippen LogP contribution in [0.3, 0.4) is 0 Å². The highest BCUT2D eigenvalue weighted by molar-refractivity contribution is 5.81. The Balaban J connectivity index is 3.25. The minimum Gasteiger partial charge on any atom is -0.422 e. The molecule has 0 amide bonds. The molecule has 6 heteroatoms. The van der Waals surface area contributed by atoms with Crippen molar-refractivity contribution >= 4 is 11.9 Å². The summed E-state index contributed by atoms with van der Waals surface area (Å²) in [5.41, 5.74) is -0.770. The summed E-state index contributed by atoms with van der Waals surface area (Å²) < 4.78 is 11.1. The van der Waals surface area contributed by atoms with Crippen molar-refractivity contribution in [3.63, 3.8) is 0 Å². The number of rotatable bonds is 9. The number of hydrogen-bond acceptors (Lipinski definition) is 6. The van der Waals surface area contributed by atoms with Gasteiger partial charge in [0.2, 0.25) is 0 Å². The Kier molecular flexibility index (Phi) is 7.99. The quantitative estimate of drug-likeness (QED) is 0.503. The Hall–Kier alpha value is -1.92. The summed E-state index contributed by atoms with van der Waals surface area (Å²) in [4.78, 5) is 25.0. The van der Waals surface area contributed by atoms with Crippen molar-refractivity contribution in [2.24, 2.45) is 10.8 Å². The SMILES string of the molecule is CCC(C)(C)C(=O)Oc1ccc(C(O)CNC)cc1OC(=O)C(C)(C)CC. The van der Waals surface area contributed by atoms with Crippen molar-refractivity contribution in [1.29, 1.82) is 0 Å². The zero-order valence-electron chi connectivity index (χ0n) is 17.5. The molecule has 1 aromatic rings. The van der Waals surface area contributed by atoms with Gasteiger partial charge in [-0.2, -0.15) is 0 Å². The van der Waals surface area contributed by atoms with Gasteiger partial charge in [-0.15, -0.1) is 0 Å². The first-order valence-corrected chi connectivity index (χ1v) is 9.39. The fourth-order valence-corrected chi connectivity index (χ4v) is 1.97.